The van der Waals surface area contributed by atoms with E-state index in [1.165, 1.54) is 16.7 Å². The van der Waals surface area contributed by atoms with Crippen LogP contribution in [-0.4, -0.2) is 81.7 Å². The Labute approximate surface area is 152 Å². The minimum atomic E-state index is -4.45. The van der Waals surface area contributed by atoms with Crippen LogP contribution in [0.2, 0.25) is 0 Å². The first-order valence-corrected chi connectivity index (χ1v) is 10.7. The van der Waals surface area contributed by atoms with Gasteiger partial charge in [-0.15, -0.1) is 0 Å². The molecule has 3 amide bonds. The van der Waals surface area contributed by atoms with Gasteiger partial charge in [-0.3, -0.25) is 14.3 Å². The standard InChI is InChI=1S/C16H27N2O7P/c1-4-16(5-2,10(3)26(21,22)23)13-14(19)18(7-12-9-25-12)15(20)17(13)6-11-8-24-11/h10-13H,4-9H2,1-3H3,(H2,21,22,23). The van der Waals surface area contributed by atoms with E-state index in [0.29, 0.717) is 26.1 Å². The molecule has 9 nitrogen and oxygen atoms in total. The highest BCUT2D eigenvalue weighted by Gasteiger charge is 2.60. The molecule has 0 spiro atoms. The monoisotopic (exact) mass is 390 g/mol. The van der Waals surface area contributed by atoms with Crippen LogP contribution >= 0.6 is 7.60 Å². The van der Waals surface area contributed by atoms with Crippen LogP contribution in [0.3, 0.4) is 0 Å². The Hall–Kier alpha value is -0.990. The number of epoxide rings is 2. The lowest BCUT2D eigenvalue weighted by Gasteiger charge is -2.44. The zero-order valence-electron chi connectivity index (χ0n) is 15.3. The van der Waals surface area contributed by atoms with Gasteiger partial charge < -0.3 is 24.2 Å². The fourth-order valence-electron chi connectivity index (χ4n) is 4.11. The molecule has 3 aliphatic rings. The Bertz CT molecular complexity index is 624. The van der Waals surface area contributed by atoms with Gasteiger partial charge in [0.25, 0.3) is 5.91 Å². The van der Waals surface area contributed by atoms with Crippen LogP contribution in [0, 0.1) is 5.41 Å². The van der Waals surface area contributed by atoms with Crippen molar-refractivity contribution in [3.63, 3.8) is 0 Å². The number of imide groups is 1. The van der Waals surface area contributed by atoms with E-state index in [1.54, 1.807) is 0 Å². The molecule has 4 unspecified atom stereocenters. The van der Waals surface area contributed by atoms with E-state index < -0.39 is 36.6 Å². The number of carbonyl (C=O) groups excluding carboxylic acids is 2. The number of nitrogens with zero attached hydrogens (tertiary/aromatic N) is 2. The number of carbonyl (C=O) groups is 2. The van der Waals surface area contributed by atoms with Gasteiger partial charge in [0.2, 0.25) is 0 Å². The molecule has 26 heavy (non-hydrogen) atoms. The van der Waals surface area contributed by atoms with Crippen molar-refractivity contribution in [2.24, 2.45) is 5.41 Å². The number of urea groups is 1. The van der Waals surface area contributed by atoms with Crippen molar-refractivity contribution in [1.82, 2.24) is 9.80 Å². The maximum absolute atomic E-state index is 13.2. The summed E-state index contributed by atoms with van der Waals surface area (Å²) in [6, 6.07) is -1.33. The lowest BCUT2D eigenvalue weighted by Crippen LogP contribution is -2.54. The molecule has 148 valence electrons. The molecule has 2 N–H and O–H groups in total. The van der Waals surface area contributed by atoms with E-state index in [1.807, 2.05) is 13.8 Å². The van der Waals surface area contributed by atoms with E-state index in [2.05, 4.69) is 0 Å². The summed E-state index contributed by atoms with van der Waals surface area (Å²) in [7, 11) is -4.45. The maximum atomic E-state index is 13.2. The lowest BCUT2D eigenvalue weighted by molar-refractivity contribution is -0.132. The molecule has 0 aromatic heterocycles. The Kier molecular flexibility index (Phi) is 5.22. The van der Waals surface area contributed by atoms with Crippen molar-refractivity contribution in [3.8, 4) is 0 Å². The van der Waals surface area contributed by atoms with Crippen molar-refractivity contribution < 1.29 is 33.4 Å². The summed E-state index contributed by atoms with van der Waals surface area (Å²) in [5, 5.41) is 0. The van der Waals surface area contributed by atoms with Crippen LogP contribution in [0.5, 0.6) is 0 Å². The van der Waals surface area contributed by atoms with E-state index in [0.717, 1.165) is 0 Å². The largest absolute Gasteiger partial charge is 0.371 e. The highest BCUT2D eigenvalue weighted by molar-refractivity contribution is 7.52. The van der Waals surface area contributed by atoms with Gasteiger partial charge in [0.15, 0.2) is 0 Å². The molecule has 0 saturated carbocycles. The summed E-state index contributed by atoms with van der Waals surface area (Å²) in [5.74, 6) is -0.393. The first-order valence-electron chi connectivity index (χ1n) is 9.06. The Morgan fingerprint density at radius 2 is 1.65 bits per heavy atom. The van der Waals surface area contributed by atoms with Crippen molar-refractivity contribution in [2.75, 3.05) is 26.3 Å². The smallest absolute Gasteiger partial charge is 0.328 e. The van der Waals surface area contributed by atoms with Gasteiger partial charge in [-0.05, 0) is 12.8 Å². The molecule has 3 rings (SSSR count). The van der Waals surface area contributed by atoms with Crippen molar-refractivity contribution in [2.45, 2.75) is 57.5 Å². The highest BCUT2D eigenvalue weighted by Crippen LogP contribution is 2.56. The van der Waals surface area contributed by atoms with Gasteiger partial charge in [-0.1, -0.05) is 20.8 Å². The van der Waals surface area contributed by atoms with Crippen LogP contribution in [-0.2, 0) is 18.8 Å². The molecule has 10 heteroatoms. The predicted octanol–water partition coefficient (Wildman–Crippen LogP) is 0.789. The van der Waals surface area contributed by atoms with Crippen molar-refractivity contribution in [3.05, 3.63) is 0 Å². The van der Waals surface area contributed by atoms with Gasteiger partial charge in [0.05, 0.1) is 44.2 Å². The van der Waals surface area contributed by atoms with Gasteiger partial charge in [0.1, 0.15) is 6.04 Å². The zero-order chi connectivity index (χ0) is 19.3. The molecule has 0 aromatic carbocycles. The molecule has 0 bridgehead atoms. The summed E-state index contributed by atoms with van der Waals surface area (Å²) < 4.78 is 22.5. The van der Waals surface area contributed by atoms with Gasteiger partial charge in [0, 0.05) is 5.41 Å². The second kappa shape index (κ2) is 6.87. The molecule has 0 aromatic rings. The third-order valence-electron chi connectivity index (χ3n) is 6.08. The molecular weight excluding hydrogens is 363 g/mol. The summed E-state index contributed by atoms with van der Waals surface area (Å²) in [4.78, 5) is 48.4. The summed E-state index contributed by atoms with van der Waals surface area (Å²) in [5.41, 5.74) is -2.06. The van der Waals surface area contributed by atoms with Crippen LogP contribution in [0.1, 0.15) is 33.6 Å². The van der Waals surface area contributed by atoms with Crippen LogP contribution in [0.15, 0.2) is 0 Å². The van der Waals surface area contributed by atoms with Crippen LogP contribution in [0.4, 0.5) is 4.79 Å². The fourth-order valence-corrected chi connectivity index (χ4v) is 5.29. The fraction of sp³-hybridized carbons (Fsp3) is 0.875. The minimum absolute atomic E-state index is 0.122. The SMILES string of the molecule is CCC(CC)(C1C(=O)N(CC2CO2)C(=O)N1CC1CO1)C(C)P(=O)(O)O. The maximum Gasteiger partial charge on any atom is 0.328 e. The van der Waals surface area contributed by atoms with Crippen LogP contribution < -0.4 is 0 Å². The summed E-state index contributed by atoms with van der Waals surface area (Å²) in [6.45, 7) is 6.58. The van der Waals surface area contributed by atoms with E-state index in [4.69, 9.17) is 9.47 Å². The number of rotatable bonds is 9. The van der Waals surface area contributed by atoms with Gasteiger partial charge in [-0.2, -0.15) is 0 Å². The number of ether oxygens (including phenoxy) is 2. The molecule has 0 aliphatic carbocycles. The Morgan fingerprint density at radius 1 is 1.15 bits per heavy atom. The van der Waals surface area contributed by atoms with Gasteiger partial charge >= 0.3 is 13.6 Å². The third-order valence-corrected chi connectivity index (χ3v) is 7.60. The molecule has 4 atom stereocenters. The summed E-state index contributed by atoms with van der Waals surface area (Å²) in [6.07, 6.45) is 0.477. The van der Waals surface area contributed by atoms with Gasteiger partial charge in [-0.25, -0.2) is 4.79 Å². The van der Waals surface area contributed by atoms with Crippen molar-refractivity contribution in [1.29, 1.82) is 0 Å². The average Bonchev–Trinajstić information content (AvgIpc) is 3.48. The Morgan fingerprint density at radius 3 is 2.08 bits per heavy atom. The number of hydrogen-bond acceptors (Lipinski definition) is 5. The van der Waals surface area contributed by atoms with E-state index in [9.17, 15) is 23.9 Å². The van der Waals surface area contributed by atoms with Crippen LogP contribution in [0.25, 0.3) is 0 Å². The third kappa shape index (κ3) is 3.43. The lowest BCUT2D eigenvalue weighted by atomic mass is 9.72. The quantitative estimate of drug-likeness (QED) is 0.339. The number of amides is 3. The first-order chi connectivity index (χ1) is 12.2. The molecule has 3 heterocycles. The normalized spacial score (nSPS) is 30.1. The molecule has 3 aliphatic heterocycles. The Balaban J connectivity index is 1.99. The average molecular weight is 390 g/mol. The van der Waals surface area contributed by atoms with Crippen molar-refractivity contribution >= 4 is 19.5 Å². The topological polar surface area (TPSA) is 123 Å². The first kappa shape index (κ1) is 19.8. The second-order valence-electron chi connectivity index (χ2n) is 7.40. The van der Waals surface area contributed by atoms with E-state index >= 15 is 0 Å². The minimum Gasteiger partial charge on any atom is -0.371 e. The highest BCUT2D eigenvalue weighted by atomic mass is 31.2. The zero-order valence-corrected chi connectivity index (χ0v) is 16.2. The number of hydrogen-bond donors (Lipinski definition) is 2. The predicted molar refractivity (Wildman–Crippen MR) is 91.6 cm³/mol. The second-order valence-corrected chi connectivity index (χ2v) is 9.36. The van der Waals surface area contributed by atoms with E-state index in [-0.39, 0.29) is 25.3 Å². The molecule has 3 fully saturated rings. The molecule has 3 saturated heterocycles. The summed E-state index contributed by atoms with van der Waals surface area (Å²) >= 11 is 0. The molecular formula is C16H27N2O7P. The molecule has 0 radical (unpaired) electrons.